The maximum atomic E-state index is 12.0. The van der Waals surface area contributed by atoms with Crippen molar-refractivity contribution in [1.82, 2.24) is 4.31 Å². The van der Waals surface area contributed by atoms with Gasteiger partial charge in [0.1, 0.15) is 0 Å². The normalized spacial score (nSPS) is 25.6. The summed E-state index contributed by atoms with van der Waals surface area (Å²) in [5.41, 5.74) is 1.31. The van der Waals surface area contributed by atoms with Gasteiger partial charge in [0.05, 0.1) is 5.25 Å². The van der Waals surface area contributed by atoms with Crippen LogP contribution < -0.4 is 0 Å². The molecular formula is C10H17NO2S. The molecule has 0 unspecified atom stereocenters. The Morgan fingerprint density at radius 3 is 2.57 bits per heavy atom. The molecule has 0 radical (unpaired) electrons. The molecule has 0 aromatic rings. The first-order valence-corrected chi connectivity index (χ1v) is 6.75. The van der Waals surface area contributed by atoms with Gasteiger partial charge in [-0.15, -0.1) is 0 Å². The first-order chi connectivity index (χ1) is 6.60. The van der Waals surface area contributed by atoms with Gasteiger partial charge >= 0.3 is 0 Å². The molecule has 1 saturated carbocycles. The Bertz CT molecular complexity index is 341. The Morgan fingerprint density at radius 1 is 1.43 bits per heavy atom. The molecule has 0 aromatic heterocycles. The van der Waals surface area contributed by atoms with Crippen LogP contribution in [-0.4, -0.2) is 31.1 Å². The van der Waals surface area contributed by atoms with E-state index in [9.17, 15) is 8.42 Å². The summed E-state index contributed by atoms with van der Waals surface area (Å²) in [5.74, 6) is 0. The van der Waals surface area contributed by atoms with Gasteiger partial charge in [0.25, 0.3) is 0 Å². The second kappa shape index (κ2) is 3.66. The monoisotopic (exact) mass is 215 g/mol. The Morgan fingerprint density at radius 2 is 2.14 bits per heavy atom. The topological polar surface area (TPSA) is 37.4 Å². The fourth-order valence-corrected chi connectivity index (χ4v) is 3.84. The molecule has 1 fully saturated rings. The highest BCUT2D eigenvalue weighted by molar-refractivity contribution is 7.89. The maximum absolute atomic E-state index is 12.0. The average molecular weight is 215 g/mol. The van der Waals surface area contributed by atoms with Gasteiger partial charge < -0.3 is 0 Å². The van der Waals surface area contributed by atoms with Crippen LogP contribution in [0.4, 0.5) is 0 Å². The zero-order valence-corrected chi connectivity index (χ0v) is 9.39. The Kier molecular flexibility index (Phi) is 2.66. The molecule has 0 saturated heterocycles. The van der Waals surface area contributed by atoms with Crippen molar-refractivity contribution in [2.45, 2.75) is 37.9 Å². The second-order valence-corrected chi connectivity index (χ2v) is 6.47. The minimum atomic E-state index is -2.96. The van der Waals surface area contributed by atoms with E-state index in [1.165, 1.54) is 5.57 Å². The lowest BCUT2D eigenvalue weighted by Gasteiger charge is -2.33. The molecule has 0 N–H and O–H groups in total. The first-order valence-electron chi connectivity index (χ1n) is 5.25. The molecule has 14 heavy (non-hydrogen) atoms. The summed E-state index contributed by atoms with van der Waals surface area (Å²) < 4.78 is 25.6. The summed E-state index contributed by atoms with van der Waals surface area (Å²) in [5, 5.41) is -0.0747. The molecule has 0 bridgehead atoms. The minimum absolute atomic E-state index is 0.0747. The van der Waals surface area contributed by atoms with Crippen LogP contribution in [0, 0.1) is 0 Å². The zero-order chi connectivity index (χ0) is 10.2. The molecule has 2 rings (SSSR count). The Hall–Kier alpha value is -0.350. The Balaban J connectivity index is 2.08. The maximum Gasteiger partial charge on any atom is 0.217 e. The van der Waals surface area contributed by atoms with Crippen molar-refractivity contribution in [1.29, 1.82) is 0 Å². The average Bonchev–Trinajstić information content (AvgIpc) is 2.00. The third-order valence-electron chi connectivity index (χ3n) is 3.23. The van der Waals surface area contributed by atoms with Crippen LogP contribution in [0.25, 0.3) is 0 Å². The fraction of sp³-hybridized carbons (Fsp3) is 0.800. The van der Waals surface area contributed by atoms with Crippen molar-refractivity contribution >= 4 is 10.0 Å². The van der Waals surface area contributed by atoms with E-state index < -0.39 is 10.0 Å². The standard InChI is InChI=1S/C10H17NO2S/c1-9-5-7-11(8-6-9)14(12,13)10-3-2-4-10/h5,10H,2-4,6-8H2,1H3. The highest BCUT2D eigenvalue weighted by Gasteiger charge is 2.36. The van der Waals surface area contributed by atoms with Crippen LogP contribution in [0.2, 0.25) is 0 Å². The summed E-state index contributed by atoms with van der Waals surface area (Å²) in [6.07, 6.45) is 5.72. The van der Waals surface area contributed by atoms with Gasteiger partial charge in [0.15, 0.2) is 0 Å². The molecule has 80 valence electrons. The molecule has 1 aliphatic carbocycles. The molecular weight excluding hydrogens is 198 g/mol. The van der Waals surface area contributed by atoms with E-state index in [-0.39, 0.29) is 5.25 Å². The van der Waals surface area contributed by atoms with Crippen molar-refractivity contribution in [2.75, 3.05) is 13.1 Å². The smallest absolute Gasteiger partial charge is 0.212 e. The van der Waals surface area contributed by atoms with E-state index in [4.69, 9.17) is 0 Å². The molecule has 1 heterocycles. The molecule has 2 aliphatic rings. The van der Waals surface area contributed by atoms with Gasteiger partial charge in [-0.3, -0.25) is 0 Å². The molecule has 0 spiro atoms. The lowest BCUT2D eigenvalue weighted by Crippen LogP contribution is -2.43. The van der Waals surface area contributed by atoms with Crippen molar-refractivity contribution in [3.05, 3.63) is 11.6 Å². The van der Waals surface area contributed by atoms with Crippen LogP contribution >= 0.6 is 0 Å². The van der Waals surface area contributed by atoms with Gasteiger partial charge in [-0.1, -0.05) is 18.1 Å². The van der Waals surface area contributed by atoms with E-state index in [2.05, 4.69) is 6.92 Å². The molecule has 0 amide bonds. The number of rotatable bonds is 2. The van der Waals surface area contributed by atoms with Crippen molar-refractivity contribution in [3.63, 3.8) is 0 Å². The molecule has 1 aliphatic heterocycles. The summed E-state index contributed by atoms with van der Waals surface area (Å²) in [4.78, 5) is 0. The van der Waals surface area contributed by atoms with Crippen LogP contribution in [0.15, 0.2) is 11.6 Å². The number of sulfonamides is 1. The van der Waals surface area contributed by atoms with E-state index >= 15 is 0 Å². The number of hydrogen-bond donors (Lipinski definition) is 0. The van der Waals surface area contributed by atoms with E-state index in [0.29, 0.717) is 13.1 Å². The van der Waals surface area contributed by atoms with Crippen molar-refractivity contribution in [3.8, 4) is 0 Å². The van der Waals surface area contributed by atoms with Crippen LogP contribution in [0.1, 0.15) is 32.6 Å². The highest BCUT2D eigenvalue weighted by atomic mass is 32.2. The van der Waals surface area contributed by atoms with Gasteiger partial charge in [-0.2, -0.15) is 4.31 Å². The van der Waals surface area contributed by atoms with Gasteiger partial charge in [0, 0.05) is 13.1 Å². The minimum Gasteiger partial charge on any atom is -0.212 e. The second-order valence-electron chi connectivity index (χ2n) is 4.26. The predicted octanol–water partition coefficient (Wildman–Crippen LogP) is 1.52. The number of hydrogen-bond acceptors (Lipinski definition) is 2. The van der Waals surface area contributed by atoms with E-state index in [1.807, 2.05) is 6.08 Å². The van der Waals surface area contributed by atoms with Crippen LogP contribution in [0.5, 0.6) is 0 Å². The van der Waals surface area contributed by atoms with E-state index in [1.54, 1.807) is 4.31 Å². The highest BCUT2D eigenvalue weighted by Crippen LogP contribution is 2.29. The molecule has 4 heteroatoms. The predicted molar refractivity (Wildman–Crippen MR) is 56.5 cm³/mol. The van der Waals surface area contributed by atoms with Crippen LogP contribution in [0.3, 0.4) is 0 Å². The molecule has 3 nitrogen and oxygen atoms in total. The summed E-state index contributed by atoms with van der Waals surface area (Å²) >= 11 is 0. The SMILES string of the molecule is CC1=CCN(S(=O)(=O)C2CCC2)CC1. The quantitative estimate of drug-likeness (QED) is 0.655. The summed E-state index contributed by atoms with van der Waals surface area (Å²) in [7, 11) is -2.96. The van der Waals surface area contributed by atoms with Crippen molar-refractivity contribution < 1.29 is 8.42 Å². The zero-order valence-electron chi connectivity index (χ0n) is 8.57. The number of nitrogens with zero attached hydrogens (tertiary/aromatic N) is 1. The summed E-state index contributed by atoms with van der Waals surface area (Å²) in [6.45, 7) is 3.33. The third kappa shape index (κ3) is 1.73. The summed E-state index contributed by atoms with van der Waals surface area (Å²) in [6, 6.07) is 0. The lowest BCUT2D eigenvalue weighted by molar-refractivity contribution is 0.392. The molecule has 0 aromatic carbocycles. The third-order valence-corrected chi connectivity index (χ3v) is 5.60. The Labute approximate surface area is 85.8 Å². The van der Waals surface area contributed by atoms with Gasteiger partial charge in [-0.25, -0.2) is 8.42 Å². The lowest BCUT2D eigenvalue weighted by atomic mass is 10.0. The van der Waals surface area contributed by atoms with Crippen molar-refractivity contribution in [2.24, 2.45) is 0 Å². The largest absolute Gasteiger partial charge is 0.217 e. The van der Waals surface area contributed by atoms with Gasteiger partial charge in [-0.05, 0) is 26.2 Å². The van der Waals surface area contributed by atoms with Crippen LogP contribution in [-0.2, 0) is 10.0 Å². The fourth-order valence-electron chi connectivity index (χ4n) is 1.86. The molecule has 0 atom stereocenters. The first kappa shape index (κ1) is 10.2. The van der Waals surface area contributed by atoms with Gasteiger partial charge in [0.2, 0.25) is 10.0 Å². The van der Waals surface area contributed by atoms with E-state index in [0.717, 1.165) is 25.7 Å².